The molecule has 0 amide bonds. The van der Waals surface area contributed by atoms with Crippen molar-refractivity contribution in [3.8, 4) is 56.7 Å². The molecule has 0 spiro atoms. The van der Waals surface area contributed by atoms with Gasteiger partial charge in [-0.15, -0.1) is 0 Å². The van der Waals surface area contributed by atoms with E-state index in [4.69, 9.17) is 4.98 Å². The molecule has 0 unspecified atom stereocenters. The fourth-order valence-electron chi connectivity index (χ4n) is 5.27. The SMILES string of the molecule is CC(C)(C)c1cc(-c2cc(-c3cc(C#N)cc(-c4cc(C(C)(C)C)ccn4)c3)nc(-c3cc#ccc3O)c2)cc(C(C)(C)C)c1. The Morgan fingerprint density at radius 2 is 1.16 bits per heavy atom. The summed E-state index contributed by atoms with van der Waals surface area (Å²) in [5.74, 6) is 0.0813. The highest BCUT2D eigenvalue weighted by atomic mass is 16.3. The zero-order valence-corrected chi connectivity index (χ0v) is 27.8. The lowest BCUT2D eigenvalue weighted by atomic mass is 9.79. The third-order valence-electron chi connectivity index (χ3n) is 8.16. The third-order valence-corrected chi connectivity index (χ3v) is 8.16. The molecule has 2 heterocycles. The normalized spacial score (nSPS) is 12.0. The van der Waals surface area contributed by atoms with Crippen LogP contribution < -0.4 is 0 Å². The van der Waals surface area contributed by atoms with E-state index < -0.39 is 0 Å². The third kappa shape index (κ3) is 6.92. The highest BCUT2D eigenvalue weighted by Gasteiger charge is 2.22. The molecule has 1 N–H and O–H groups in total. The van der Waals surface area contributed by atoms with Gasteiger partial charge in [0.1, 0.15) is 5.75 Å². The molecule has 0 saturated carbocycles. The second-order valence-corrected chi connectivity index (χ2v) is 14.9. The van der Waals surface area contributed by atoms with E-state index in [1.54, 1.807) is 6.07 Å². The van der Waals surface area contributed by atoms with Gasteiger partial charge < -0.3 is 5.11 Å². The highest BCUT2D eigenvalue weighted by molar-refractivity contribution is 5.81. The first-order valence-corrected chi connectivity index (χ1v) is 15.3. The van der Waals surface area contributed by atoms with Crippen LogP contribution in [0.15, 0.2) is 79.0 Å². The molecule has 0 aliphatic carbocycles. The molecule has 45 heavy (non-hydrogen) atoms. The van der Waals surface area contributed by atoms with Crippen molar-refractivity contribution in [2.75, 3.05) is 0 Å². The molecule has 226 valence electrons. The van der Waals surface area contributed by atoms with Crippen molar-refractivity contribution in [1.29, 1.82) is 5.26 Å². The second-order valence-electron chi connectivity index (χ2n) is 14.9. The van der Waals surface area contributed by atoms with Crippen molar-refractivity contribution in [3.05, 3.63) is 113 Å². The Morgan fingerprint density at radius 3 is 1.73 bits per heavy atom. The molecule has 0 saturated heterocycles. The molecule has 4 heteroatoms. The molecule has 0 bridgehead atoms. The van der Waals surface area contributed by atoms with Crippen LogP contribution in [0.25, 0.3) is 44.9 Å². The van der Waals surface area contributed by atoms with Gasteiger partial charge in [0.15, 0.2) is 0 Å². The first-order valence-electron chi connectivity index (χ1n) is 15.3. The van der Waals surface area contributed by atoms with Gasteiger partial charge >= 0.3 is 0 Å². The number of hydrogen-bond donors (Lipinski definition) is 1. The maximum absolute atomic E-state index is 10.8. The quantitative estimate of drug-likeness (QED) is 0.226. The zero-order valence-electron chi connectivity index (χ0n) is 27.8. The van der Waals surface area contributed by atoms with Gasteiger partial charge in [-0.25, -0.2) is 4.98 Å². The van der Waals surface area contributed by atoms with Crippen LogP contribution in [0.4, 0.5) is 0 Å². The predicted molar refractivity (Wildman–Crippen MR) is 184 cm³/mol. The summed E-state index contributed by atoms with van der Waals surface area (Å²) < 4.78 is 0. The van der Waals surface area contributed by atoms with Crippen molar-refractivity contribution in [3.63, 3.8) is 0 Å². The number of nitriles is 1. The van der Waals surface area contributed by atoms with Crippen LogP contribution in [-0.4, -0.2) is 15.1 Å². The lowest BCUT2D eigenvalue weighted by Gasteiger charge is -2.26. The Balaban J connectivity index is 1.78. The lowest BCUT2D eigenvalue weighted by Crippen LogP contribution is -2.16. The molecular formula is C41H41N3O. The maximum Gasteiger partial charge on any atom is 0.133 e. The summed E-state index contributed by atoms with van der Waals surface area (Å²) in [4.78, 5) is 9.72. The maximum atomic E-state index is 10.8. The summed E-state index contributed by atoms with van der Waals surface area (Å²) >= 11 is 0. The summed E-state index contributed by atoms with van der Waals surface area (Å²) in [5, 5.41) is 20.9. The van der Waals surface area contributed by atoms with Crippen LogP contribution in [0.3, 0.4) is 0 Å². The van der Waals surface area contributed by atoms with Crippen LogP contribution >= 0.6 is 0 Å². The monoisotopic (exact) mass is 591 g/mol. The topological polar surface area (TPSA) is 69.8 Å². The number of pyridine rings is 2. The zero-order chi connectivity index (χ0) is 32.7. The Kier molecular flexibility index (Phi) is 8.07. The van der Waals surface area contributed by atoms with E-state index in [0.717, 1.165) is 27.9 Å². The summed E-state index contributed by atoms with van der Waals surface area (Å²) in [7, 11) is 0. The minimum Gasteiger partial charge on any atom is -0.507 e. The molecule has 5 rings (SSSR count). The van der Waals surface area contributed by atoms with Gasteiger partial charge in [0.25, 0.3) is 0 Å². The summed E-state index contributed by atoms with van der Waals surface area (Å²) in [6.07, 6.45) is 1.83. The van der Waals surface area contributed by atoms with E-state index in [2.05, 4.69) is 116 Å². The molecule has 0 aliphatic rings. The number of nitrogens with zero attached hydrogens (tertiary/aromatic N) is 3. The van der Waals surface area contributed by atoms with E-state index in [1.807, 2.05) is 36.5 Å². The van der Waals surface area contributed by atoms with Crippen molar-refractivity contribution < 1.29 is 5.11 Å². The minimum atomic E-state index is -0.0538. The van der Waals surface area contributed by atoms with Crippen LogP contribution in [0.1, 0.15) is 84.6 Å². The Bertz CT molecular complexity index is 1890. The molecule has 2 aromatic heterocycles. The smallest absolute Gasteiger partial charge is 0.133 e. The van der Waals surface area contributed by atoms with Gasteiger partial charge in [0.05, 0.1) is 34.3 Å². The molecule has 5 aromatic rings. The largest absolute Gasteiger partial charge is 0.507 e. The van der Waals surface area contributed by atoms with Crippen molar-refractivity contribution >= 4 is 0 Å². The first-order chi connectivity index (χ1) is 21.0. The van der Waals surface area contributed by atoms with E-state index in [0.29, 0.717) is 22.5 Å². The lowest BCUT2D eigenvalue weighted by molar-refractivity contribution is 0.477. The van der Waals surface area contributed by atoms with Gasteiger partial charge in [-0.2, -0.15) is 5.26 Å². The standard InChI is InChI=1S/C41H41N3O/c1-39(2,3)31-14-15-43-35(24-31)29-16-26(25-42)17-30(18-29)36-21-28(22-37(44-36)34-12-10-11-13-38(34)45)27-19-32(40(4,5)6)23-33(20-27)41(7,8)9/h12-24,45H,1-9H3. The van der Waals surface area contributed by atoms with Crippen molar-refractivity contribution in [2.45, 2.75) is 78.6 Å². The van der Waals surface area contributed by atoms with Gasteiger partial charge in [-0.3, -0.25) is 4.98 Å². The molecule has 0 atom stereocenters. The Labute approximate surface area is 268 Å². The fraction of sp³-hybridized carbons (Fsp3) is 0.293. The second kappa shape index (κ2) is 11.5. The average Bonchev–Trinajstić information content (AvgIpc) is 2.99. The van der Waals surface area contributed by atoms with E-state index >= 15 is 0 Å². The summed E-state index contributed by atoms with van der Waals surface area (Å²) in [5.41, 5.74) is 10.4. The molecular weight excluding hydrogens is 550 g/mol. The van der Waals surface area contributed by atoms with Crippen molar-refractivity contribution in [2.24, 2.45) is 0 Å². The summed E-state index contributed by atoms with van der Waals surface area (Å²) in [6, 6.07) is 32.2. The van der Waals surface area contributed by atoms with E-state index in [-0.39, 0.29) is 22.0 Å². The molecule has 0 fully saturated rings. The molecule has 0 radical (unpaired) electrons. The van der Waals surface area contributed by atoms with Crippen molar-refractivity contribution in [1.82, 2.24) is 9.97 Å². The first kappa shape index (κ1) is 31.5. The Hall–Kier alpha value is -4.93. The molecule has 3 aromatic carbocycles. The van der Waals surface area contributed by atoms with Gasteiger partial charge in [-0.1, -0.05) is 92.6 Å². The molecule has 0 aliphatic heterocycles. The van der Waals surface area contributed by atoms with Crippen LogP contribution in [0.2, 0.25) is 0 Å². The van der Waals surface area contributed by atoms with Crippen LogP contribution in [0.5, 0.6) is 5.75 Å². The Morgan fingerprint density at radius 1 is 0.600 bits per heavy atom. The van der Waals surface area contributed by atoms with Gasteiger partial charge in [-0.05, 0) is 86.5 Å². The average molecular weight is 592 g/mol. The van der Waals surface area contributed by atoms with E-state index in [1.165, 1.54) is 22.8 Å². The van der Waals surface area contributed by atoms with Crippen LogP contribution in [-0.2, 0) is 16.2 Å². The number of rotatable bonds is 4. The number of hydrogen-bond acceptors (Lipinski definition) is 4. The number of benzene rings is 2. The van der Waals surface area contributed by atoms with Gasteiger partial charge in [0, 0.05) is 29.5 Å². The summed E-state index contributed by atoms with van der Waals surface area (Å²) in [6.45, 7) is 19.9. The van der Waals surface area contributed by atoms with Gasteiger partial charge in [0.2, 0.25) is 0 Å². The minimum absolute atomic E-state index is 0.0439. The fourth-order valence-corrected chi connectivity index (χ4v) is 5.27. The van der Waals surface area contributed by atoms with Crippen LogP contribution in [0, 0.1) is 23.5 Å². The predicted octanol–water partition coefficient (Wildman–Crippen LogP) is 10.2. The molecule has 4 nitrogen and oxygen atoms in total. The highest BCUT2D eigenvalue weighted by Crippen LogP contribution is 2.38. The number of aromatic nitrogens is 2. The number of aromatic hydroxyl groups is 1. The van der Waals surface area contributed by atoms with E-state index in [9.17, 15) is 10.4 Å².